The number of amidine groups is 1. The molecule has 0 unspecified atom stereocenters. The third-order valence-corrected chi connectivity index (χ3v) is 2.48. The van der Waals surface area contributed by atoms with Gasteiger partial charge >= 0.3 is 0 Å². The summed E-state index contributed by atoms with van der Waals surface area (Å²) in [6.45, 7) is 8.69. The van der Waals surface area contributed by atoms with Crippen LogP contribution in [-0.2, 0) is 6.42 Å². The van der Waals surface area contributed by atoms with E-state index >= 15 is 0 Å². The van der Waals surface area contributed by atoms with Crippen molar-refractivity contribution >= 4 is 5.84 Å². The monoisotopic (exact) mass is 216 g/mol. The van der Waals surface area contributed by atoms with Crippen LogP contribution in [0.25, 0.3) is 0 Å². The largest absolute Gasteiger partial charge is 0.363 e. The summed E-state index contributed by atoms with van der Waals surface area (Å²) >= 11 is 0. The van der Waals surface area contributed by atoms with Crippen LogP contribution >= 0.6 is 0 Å². The summed E-state index contributed by atoms with van der Waals surface area (Å²) < 4.78 is 0. The van der Waals surface area contributed by atoms with Crippen molar-refractivity contribution in [2.75, 3.05) is 13.6 Å². The summed E-state index contributed by atoms with van der Waals surface area (Å²) in [6.07, 6.45) is 1.04. The Hall–Kier alpha value is -1.57. The first-order valence-corrected chi connectivity index (χ1v) is 5.55. The second-order valence-corrected chi connectivity index (χ2v) is 4.05. The maximum Gasteiger partial charge on any atom is 0.101 e. The van der Waals surface area contributed by atoms with Crippen LogP contribution in [0.5, 0.6) is 0 Å². The number of hydrogen-bond donors (Lipinski definition) is 0. The predicted molar refractivity (Wildman–Crippen MR) is 70.7 cm³/mol. The molecule has 0 bridgehead atoms. The van der Waals surface area contributed by atoms with Gasteiger partial charge in [0.1, 0.15) is 5.84 Å². The van der Waals surface area contributed by atoms with Crippen LogP contribution in [0, 0.1) is 0 Å². The molecule has 0 radical (unpaired) electrons. The van der Waals surface area contributed by atoms with E-state index in [1.54, 1.807) is 0 Å². The number of aliphatic imine (C=N–C) groups is 1. The Morgan fingerprint density at radius 3 is 2.44 bits per heavy atom. The summed E-state index contributed by atoms with van der Waals surface area (Å²) in [5.74, 6) is 1.02. The van der Waals surface area contributed by atoms with Crippen molar-refractivity contribution in [3.8, 4) is 0 Å². The Kier molecular flexibility index (Phi) is 4.77. The summed E-state index contributed by atoms with van der Waals surface area (Å²) in [4.78, 5) is 6.49. The number of rotatable bonds is 4. The number of nitrogens with zero attached hydrogens (tertiary/aromatic N) is 2. The lowest BCUT2D eigenvalue weighted by Crippen LogP contribution is -2.26. The molecule has 0 spiro atoms. The highest BCUT2D eigenvalue weighted by Crippen LogP contribution is 2.02. The van der Waals surface area contributed by atoms with Gasteiger partial charge in [0.25, 0.3) is 0 Å². The van der Waals surface area contributed by atoms with E-state index in [1.165, 1.54) is 5.56 Å². The zero-order valence-corrected chi connectivity index (χ0v) is 10.4. The number of hydrogen-bond acceptors (Lipinski definition) is 1. The van der Waals surface area contributed by atoms with Crippen molar-refractivity contribution in [3.63, 3.8) is 0 Å². The highest BCUT2D eigenvalue weighted by atomic mass is 15.2. The van der Waals surface area contributed by atoms with Crippen LogP contribution in [0.15, 0.2) is 47.6 Å². The fourth-order valence-electron chi connectivity index (χ4n) is 1.46. The van der Waals surface area contributed by atoms with Crippen molar-refractivity contribution in [1.29, 1.82) is 0 Å². The number of benzene rings is 1. The van der Waals surface area contributed by atoms with Gasteiger partial charge in [0, 0.05) is 19.3 Å². The van der Waals surface area contributed by atoms with Gasteiger partial charge in [-0.3, -0.25) is 0 Å². The maximum atomic E-state index is 4.34. The summed E-state index contributed by atoms with van der Waals surface area (Å²) in [5, 5.41) is 0. The van der Waals surface area contributed by atoms with E-state index in [1.807, 2.05) is 19.9 Å². The molecule has 0 atom stereocenters. The van der Waals surface area contributed by atoms with Crippen molar-refractivity contribution < 1.29 is 0 Å². The van der Waals surface area contributed by atoms with E-state index < -0.39 is 0 Å². The number of likely N-dealkylation sites (N-methyl/N-ethyl adjacent to an activating group) is 1. The Morgan fingerprint density at radius 1 is 1.25 bits per heavy atom. The normalized spacial score (nSPS) is 11.3. The molecule has 1 aromatic carbocycles. The fourth-order valence-corrected chi connectivity index (χ4v) is 1.46. The van der Waals surface area contributed by atoms with Crippen LogP contribution in [0.2, 0.25) is 0 Å². The average Bonchev–Trinajstić information content (AvgIpc) is 2.26. The zero-order chi connectivity index (χ0) is 12.0. The molecule has 0 N–H and O–H groups in total. The minimum atomic E-state index is 0.851. The van der Waals surface area contributed by atoms with Crippen molar-refractivity contribution in [2.24, 2.45) is 4.99 Å². The van der Waals surface area contributed by atoms with Gasteiger partial charge in [-0.1, -0.05) is 36.9 Å². The van der Waals surface area contributed by atoms with E-state index in [0.717, 1.165) is 24.5 Å². The molecule has 0 aromatic heterocycles. The van der Waals surface area contributed by atoms with Crippen LogP contribution in [0.3, 0.4) is 0 Å². The van der Waals surface area contributed by atoms with Gasteiger partial charge in [-0.05, 0) is 25.8 Å². The Bertz CT molecular complexity index is 366. The second-order valence-electron chi connectivity index (χ2n) is 4.05. The molecular weight excluding hydrogens is 196 g/mol. The first kappa shape index (κ1) is 12.5. The second kappa shape index (κ2) is 6.11. The van der Waals surface area contributed by atoms with Crippen molar-refractivity contribution in [1.82, 2.24) is 4.90 Å². The molecule has 16 heavy (non-hydrogen) atoms. The maximum absolute atomic E-state index is 4.34. The van der Waals surface area contributed by atoms with Gasteiger partial charge in [-0.2, -0.15) is 0 Å². The summed E-state index contributed by atoms with van der Waals surface area (Å²) in [5.41, 5.74) is 2.21. The minimum Gasteiger partial charge on any atom is -0.363 e. The van der Waals surface area contributed by atoms with E-state index in [4.69, 9.17) is 0 Å². The molecule has 86 valence electrons. The molecule has 0 amide bonds. The van der Waals surface area contributed by atoms with E-state index in [-0.39, 0.29) is 0 Å². The minimum absolute atomic E-state index is 0.851. The molecule has 0 saturated carbocycles. The topological polar surface area (TPSA) is 15.6 Å². The zero-order valence-electron chi connectivity index (χ0n) is 10.4. The van der Waals surface area contributed by atoms with Crippen molar-refractivity contribution in [3.05, 3.63) is 48.2 Å². The molecule has 1 aromatic rings. The Morgan fingerprint density at radius 2 is 1.88 bits per heavy atom. The first-order chi connectivity index (χ1) is 7.59. The number of allylic oxidation sites excluding steroid dienone is 1. The molecule has 2 nitrogen and oxygen atoms in total. The highest BCUT2D eigenvalue weighted by Gasteiger charge is 2.00. The quantitative estimate of drug-likeness (QED) is 0.558. The van der Waals surface area contributed by atoms with Gasteiger partial charge in [0.05, 0.1) is 0 Å². The summed E-state index contributed by atoms with van der Waals surface area (Å²) in [6, 6.07) is 10.5. The SMILES string of the molecule is C=C(C)N=C(C)N(C)CCc1ccccc1. The van der Waals surface area contributed by atoms with E-state index in [9.17, 15) is 0 Å². The van der Waals surface area contributed by atoms with Crippen LogP contribution in [0.1, 0.15) is 19.4 Å². The lowest BCUT2D eigenvalue weighted by Gasteiger charge is -2.18. The van der Waals surface area contributed by atoms with Crippen LogP contribution in [-0.4, -0.2) is 24.3 Å². The van der Waals surface area contributed by atoms with E-state index in [0.29, 0.717) is 0 Å². The van der Waals surface area contributed by atoms with Gasteiger partial charge in [0.15, 0.2) is 0 Å². The van der Waals surface area contributed by atoms with Gasteiger partial charge in [0.2, 0.25) is 0 Å². The molecule has 2 heteroatoms. The Balaban J connectivity index is 2.47. The molecule has 0 saturated heterocycles. The molecule has 0 aliphatic heterocycles. The van der Waals surface area contributed by atoms with Crippen molar-refractivity contribution in [2.45, 2.75) is 20.3 Å². The van der Waals surface area contributed by atoms with E-state index in [2.05, 4.69) is 47.8 Å². The first-order valence-electron chi connectivity index (χ1n) is 5.55. The van der Waals surface area contributed by atoms with Gasteiger partial charge in [-0.15, -0.1) is 0 Å². The third kappa shape index (κ3) is 4.30. The van der Waals surface area contributed by atoms with Crippen LogP contribution < -0.4 is 0 Å². The molecule has 1 rings (SSSR count). The Labute approximate surface area is 98.3 Å². The fraction of sp³-hybridized carbons (Fsp3) is 0.357. The third-order valence-electron chi connectivity index (χ3n) is 2.48. The van der Waals surface area contributed by atoms with Crippen LogP contribution in [0.4, 0.5) is 0 Å². The molecule has 0 aliphatic rings. The average molecular weight is 216 g/mol. The lowest BCUT2D eigenvalue weighted by molar-refractivity contribution is 0.504. The molecule has 0 aliphatic carbocycles. The highest BCUT2D eigenvalue weighted by molar-refractivity contribution is 5.80. The molecule has 0 fully saturated rings. The summed E-state index contributed by atoms with van der Waals surface area (Å²) in [7, 11) is 2.06. The predicted octanol–water partition coefficient (Wildman–Crippen LogP) is 3.11. The van der Waals surface area contributed by atoms with Gasteiger partial charge in [-0.25, -0.2) is 4.99 Å². The van der Waals surface area contributed by atoms with Gasteiger partial charge < -0.3 is 4.90 Å². The standard InChI is InChI=1S/C14H20N2/c1-12(2)15-13(3)16(4)11-10-14-8-6-5-7-9-14/h5-9H,1,10-11H2,2-4H3. The molecular formula is C14H20N2. The smallest absolute Gasteiger partial charge is 0.101 e. The molecule has 0 heterocycles. The lowest BCUT2D eigenvalue weighted by atomic mass is 10.1.